The number of rotatable bonds is 4. The minimum Gasteiger partial charge on any atom is -0.310 e. The highest BCUT2D eigenvalue weighted by molar-refractivity contribution is 5.10. The van der Waals surface area contributed by atoms with Gasteiger partial charge in [-0.3, -0.25) is 9.58 Å². The van der Waals surface area contributed by atoms with Gasteiger partial charge in [-0.05, 0) is 65.5 Å². The summed E-state index contributed by atoms with van der Waals surface area (Å²) < 4.78 is 2.16. The van der Waals surface area contributed by atoms with Crippen molar-refractivity contribution < 1.29 is 0 Å². The van der Waals surface area contributed by atoms with E-state index >= 15 is 0 Å². The number of nitrogens with one attached hydrogen (secondary N) is 1. The smallest absolute Gasteiger partial charge is 0.0597 e. The lowest BCUT2D eigenvalue weighted by atomic mass is 9.95. The van der Waals surface area contributed by atoms with Gasteiger partial charge in [0.2, 0.25) is 0 Å². The maximum Gasteiger partial charge on any atom is 0.0597 e. The molecule has 0 bridgehead atoms. The zero-order chi connectivity index (χ0) is 15.0. The lowest BCUT2D eigenvalue weighted by Crippen LogP contribution is -2.51. The van der Waals surface area contributed by atoms with Gasteiger partial charge in [0.15, 0.2) is 0 Å². The fourth-order valence-electron chi connectivity index (χ4n) is 3.80. The minimum absolute atomic E-state index is 0.302. The van der Waals surface area contributed by atoms with Crippen LogP contribution in [-0.2, 0) is 13.1 Å². The molecular formula is C17H30N4. The summed E-state index contributed by atoms with van der Waals surface area (Å²) in [4.78, 5) is 2.67. The van der Waals surface area contributed by atoms with Gasteiger partial charge in [-0.25, -0.2) is 0 Å². The molecule has 3 rings (SSSR count). The van der Waals surface area contributed by atoms with Gasteiger partial charge in [0, 0.05) is 31.2 Å². The lowest BCUT2D eigenvalue weighted by Gasteiger charge is -2.35. The van der Waals surface area contributed by atoms with Crippen molar-refractivity contribution in [2.45, 2.75) is 71.6 Å². The number of hydrogen-bond donors (Lipinski definition) is 1. The van der Waals surface area contributed by atoms with E-state index in [0.717, 1.165) is 37.8 Å². The summed E-state index contributed by atoms with van der Waals surface area (Å²) in [6.45, 7) is 13.4. The second-order valence-corrected chi connectivity index (χ2v) is 7.25. The van der Waals surface area contributed by atoms with Crippen LogP contribution in [0.15, 0.2) is 6.07 Å². The second kappa shape index (κ2) is 5.73. The fraction of sp³-hybridized carbons (Fsp3) is 0.824. The molecule has 2 heterocycles. The Hall–Kier alpha value is -0.870. The van der Waals surface area contributed by atoms with E-state index in [1.165, 1.54) is 25.0 Å². The van der Waals surface area contributed by atoms with E-state index in [-0.39, 0.29) is 0 Å². The first-order chi connectivity index (χ1) is 10.0. The Morgan fingerprint density at radius 2 is 2.14 bits per heavy atom. The summed E-state index contributed by atoms with van der Waals surface area (Å²) in [5.41, 5.74) is 2.80. The van der Waals surface area contributed by atoms with Crippen LogP contribution in [0.5, 0.6) is 0 Å². The van der Waals surface area contributed by atoms with E-state index < -0.39 is 0 Å². The van der Waals surface area contributed by atoms with Crippen molar-refractivity contribution in [2.24, 2.45) is 5.92 Å². The highest BCUT2D eigenvalue weighted by Crippen LogP contribution is 2.41. The van der Waals surface area contributed by atoms with Crippen LogP contribution in [0.1, 0.15) is 51.4 Å². The Morgan fingerprint density at radius 1 is 1.38 bits per heavy atom. The molecule has 1 aromatic rings. The molecule has 0 amide bonds. The lowest BCUT2D eigenvalue weighted by molar-refractivity contribution is 0.151. The number of nitrogens with zero attached hydrogens (tertiary/aromatic N) is 3. The molecular weight excluding hydrogens is 260 g/mol. The van der Waals surface area contributed by atoms with Gasteiger partial charge in [-0.2, -0.15) is 5.10 Å². The molecule has 4 nitrogen and oxygen atoms in total. The van der Waals surface area contributed by atoms with Crippen LogP contribution in [0, 0.1) is 12.8 Å². The van der Waals surface area contributed by atoms with Gasteiger partial charge >= 0.3 is 0 Å². The SMILES string of the molecule is CCn1nc(C)cc1CN1CC(C)(C2CC2)NCCC1C. The highest BCUT2D eigenvalue weighted by Gasteiger charge is 2.43. The van der Waals surface area contributed by atoms with E-state index in [0.29, 0.717) is 11.6 Å². The second-order valence-electron chi connectivity index (χ2n) is 7.25. The molecule has 0 aromatic carbocycles. The Balaban J connectivity index is 1.77. The summed E-state index contributed by atoms with van der Waals surface area (Å²) >= 11 is 0. The average Bonchev–Trinajstić information content (AvgIpc) is 3.23. The van der Waals surface area contributed by atoms with Crippen molar-refractivity contribution in [1.29, 1.82) is 0 Å². The van der Waals surface area contributed by atoms with Crippen molar-refractivity contribution in [1.82, 2.24) is 20.0 Å². The molecule has 2 atom stereocenters. The largest absolute Gasteiger partial charge is 0.310 e. The van der Waals surface area contributed by atoms with E-state index in [2.05, 4.69) is 53.8 Å². The van der Waals surface area contributed by atoms with Gasteiger partial charge < -0.3 is 5.32 Å². The Morgan fingerprint density at radius 3 is 2.81 bits per heavy atom. The number of aryl methyl sites for hydroxylation is 2. The van der Waals surface area contributed by atoms with E-state index in [1.54, 1.807) is 0 Å². The molecule has 118 valence electrons. The van der Waals surface area contributed by atoms with Gasteiger partial charge in [0.05, 0.1) is 11.4 Å². The normalized spacial score (nSPS) is 31.3. The predicted molar refractivity (Wildman–Crippen MR) is 86.3 cm³/mol. The highest BCUT2D eigenvalue weighted by atomic mass is 15.3. The van der Waals surface area contributed by atoms with E-state index in [1.807, 2.05) is 0 Å². The van der Waals surface area contributed by atoms with Crippen molar-refractivity contribution in [2.75, 3.05) is 13.1 Å². The zero-order valence-electron chi connectivity index (χ0n) is 14.0. The monoisotopic (exact) mass is 290 g/mol. The summed E-state index contributed by atoms with van der Waals surface area (Å²) in [7, 11) is 0. The molecule has 2 unspecified atom stereocenters. The molecule has 1 aliphatic carbocycles. The summed E-state index contributed by atoms with van der Waals surface area (Å²) in [6.07, 6.45) is 4.04. The van der Waals surface area contributed by atoms with Gasteiger partial charge in [-0.1, -0.05) is 0 Å². The van der Waals surface area contributed by atoms with Crippen molar-refractivity contribution in [3.8, 4) is 0 Å². The van der Waals surface area contributed by atoms with Crippen molar-refractivity contribution in [3.63, 3.8) is 0 Å². The summed E-state index contributed by atoms with van der Waals surface area (Å²) in [5, 5.41) is 8.44. The Bertz CT molecular complexity index is 491. The van der Waals surface area contributed by atoms with E-state index in [9.17, 15) is 0 Å². The Labute approximate surface area is 128 Å². The third-order valence-corrected chi connectivity index (χ3v) is 5.37. The molecule has 1 N–H and O–H groups in total. The fourth-order valence-corrected chi connectivity index (χ4v) is 3.80. The molecule has 4 heteroatoms. The molecule has 2 fully saturated rings. The third-order valence-electron chi connectivity index (χ3n) is 5.37. The first-order valence-corrected chi connectivity index (χ1v) is 8.54. The topological polar surface area (TPSA) is 33.1 Å². The molecule has 1 aromatic heterocycles. The molecule has 1 saturated carbocycles. The van der Waals surface area contributed by atoms with Crippen LogP contribution < -0.4 is 5.32 Å². The first kappa shape index (κ1) is 15.0. The van der Waals surface area contributed by atoms with Gasteiger partial charge in [-0.15, -0.1) is 0 Å². The average molecular weight is 290 g/mol. The van der Waals surface area contributed by atoms with Crippen molar-refractivity contribution >= 4 is 0 Å². The zero-order valence-corrected chi connectivity index (χ0v) is 14.0. The van der Waals surface area contributed by atoms with Crippen molar-refractivity contribution in [3.05, 3.63) is 17.5 Å². The molecule has 21 heavy (non-hydrogen) atoms. The van der Waals surface area contributed by atoms with E-state index in [4.69, 9.17) is 0 Å². The van der Waals surface area contributed by atoms with Gasteiger partial charge in [0.25, 0.3) is 0 Å². The molecule has 1 aliphatic heterocycles. The molecule has 0 spiro atoms. The summed E-state index contributed by atoms with van der Waals surface area (Å²) in [5.74, 6) is 0.878. The minimum atomic E-state index is 0.302. The van der Waals surface area contributed by atoms with Crippen LogP contribution in [0.4, 0.5) is 0 Å². The summed E-state index contributed by atoms with van der Waals surface area (Å²) in [6, 6.07) is 2.89. The Kier molecular flexibility index (Phi) is 4.10. The maximum absolute atomic E-state index is 4.60. The molecule has 0 radical (unpaired) electrons. The quantitative estimate of drug-likeness (QED) is 0.925. The number of aromatic nitrogens is 2. The predicted octanol–water partition coefficient (Wildman–Crippen LogP) is 2.56. The van der Waals surface area contributed by atoms with Crippen LogP contribution >= 0.6 is 0 Å². The van der Waals surface area contributed by atoms with Crippen LogP contribution in [0.25, 0.3) is 0 Å². The van der Waals surface area contributed by atoms with Crippen LogP contribution in [0.3, 0.4) is 0 Å². The molecule has 1 saturated heterocycles. The standard InChI is InChI=1S/C17H30N4/c1-5-21-16(10-13(2)19-21)11-20-12-17(4,15-6-7-15)18-9-8-14(20)3/h10,14-15,18H,5-9,11-12H2,1-4H3. The molecule has 2 aliphatic rings. The first-order valence-electron chi connectivity index (χ1n) is 8.54. The number of hydrogen-bond acceptors (Lipinski definition) is 3. The maximum atomic E-state index is 4.60. The van der Waals surface area contributed by atoms with Crippen LogP contribution in [-0.4, -0.2) is 39.4 Å². The van der Waals surface area contributed by atoms with Gasteiger partial charge in [0.1, 0.15) is 0 Å². The van der Waals surface area contributed by atoms with Crippen LogP contribution in [0.2, 0.25) is 0 Å². The third kappa shape index (κ3) is 3.16.